The van der Waals surface area contributed by atoms with Gasteiger partial charge in [-0.25, -0.2) is 4.68 Å². The van der Waals surface area contributed by atoms with Crippen LogP contribution in [0.3, 0.4) is 0 Å². The third-order valence-corrected chi connectivity index (χ3v) is 4.33. The minimum atomic E-state index is -0.121. The Labute approximate surface area is 139 Å². The SMILES string of the molecule is O=C(Cn1ccc(-c2ccco2)n1)Nc1ccnn1C1CCCC1. The Morgan fingerprint density at radius 1 is 1.29 bits per heavy atom. The second-order valence-corrected chi connectivity index (χ2v) is 6.02. The van der Waals surface area contributed by atoms with Crippen molar-refractivity contribution in [2.45, 2.75) is 38.3 Å². The lowest BCUT2D eigenvalue weighted by molar-refractivity contribution is -0.116. The van der Waals surface area contributed by atoms with Crippen LogP contribution >= 0.6 is 0 Å². The van der Waals surface area contributed by atoms with Gasteiger partial charge in [-0.05, 0) is 31.0 Å². The molecular weight excluding hydrogens is 306 g/mol. The number of carbonyl (C=O) groups is 1. The van der Waals surface area contributed by atoms with Crippen LogP contribution in [0.25, 0.3) is 11.5 Å². The molecule has 0 bridgehead atoms. The molecule has 1 aliphatic rings. The normalized spacial score (nSPS) is 15.0. The van der Waals surface area contributed by atoms with Crippen LogP contribution < -0.4 is 5.32 Å². The van der Waals surface area contributed by atoms with Crippen LogP contribution in [-0.2, 0) is 11.3 Å². The molecule has 3 aromatic heterocycles. The average Bonchev–Trinajstić information content (AvgIpc) is 3.35. The first kappa shape index (κ1) is 14.7. The van der Waals surface area contributed by atoms with E-state index < -0.39 is 0 Å². The quantitative estimate of drug-likeness (QED) is 0.782. The molecule has 0 radical (unpaired) electrons. The molecule has 1 saturated carbocycles. The Morgan fingerprint density at radius 2 is 2.17 bits per heavy atom. The number of anilines is 1. The Hall–Kier alpha value is -2.83. The summed E-state index contributed by atoms with van der Waals surface area (Å²) in [5.41, 5.74) is 0.712. The number of aromatic nitrogens is 4. The van der Waals surface area contributed by atoms with E-state index in [0.717, 1.165) is 18.7 Å². The molecule has 0 spiro atoms. The van der Waals surface area contributed by atoms with Gasteiger partial charge in [-0.15, -0.1) is 0 Å². The highest BCUT2D eigenvalue weighted by atomic mass is 16.3. The molecule has 0 saturated heterocycles. The number of amides is 1. The molecule has 1 aliphatic carbocycles. The monoisotopic (exact) mass is 325 g/mol. The number of rotatable bonds is 5. The molecule has 7 nitrogen and oxygen atoms in total. The lowest BCUT2D eigenvalue weighted by atomic mass is 10.2. The van der Waals surface area contributed by atoms with Crippen molar-refractivity contribution in [3.05, 3.63) is 42.9 Å². The van der Waals surface area contributed by atoms with E-state index in [1.54, 1.807) is 23.3 Å². The molecule has 3 aromatic rings. The van der Waals surface area contributed by atoms with Crippen molar-refractivity contribution in [3.63, 3.8) is 0 Å². The number of hydrogen-bond acceptors (Lipinski definition) is 4. The summed E-state index contributed by atoms with van der Waals surface area (Å²) in [5.74, 6) is 1.32. The highest BCUT2D eigenvalue weighted by molar-refractivity contribution is 5.89. The summed E-state index contributed by atoms with van der Waals surface area (Å²) in [6.07, 6.45) is 9.79. The summed E-state index contributed by atoms with van der Waals surface area (Å²) in [4.78, 5) is 12.3. The molecule has 3 heterocycles. The summed E-state index contributed by atoms with van der Waals surface area (Å²) in [7, 11) is 0. The van der Waals surface area contributed by atoms with Crippen LogP contribution in [0.2, 0.25) is 0 Å². The summed E-state index contributed by atoms with van der Waals surface area (Å²) < 4.78 is 8.84. The van der Waals surface area contributed by atoms with Gasteiger partial charge in [0, 0.05) is 12.3 Å². The van der Waals surface area contributed by atoms with Crippen LogP contribution in [-0.4, -0.2) is 25.5 Å². The standard InChI is InChI=1S/C17H19N5O2/c23-17(12-21-10-8-14(20-21)15-6-3-11-24-15)19-16-7-9-18-22(16)13-4-1-2-5-13/h3,6-11,13H,1-2,4-5,12H2,(H,19,23). The molecular formula is C17H19N5O2. The van der Waals surface area contributed by atoms with Gasteiger partial charge < -0.3 is 9.73 Å². The van der Waals surface area contributed by atoms with E-state index in [9.17, 15) is 4.79 Å². The second-order valence-electron chi connectivity index (χ2n) is 6.02. The van der Waals surface area contributed by atoms with Crippen molar-refractivity contribution in [2.75, 3.05) is 5.32 Å². The first-order chi connectivity index (χ1) is 11.8. The fourth-order valence-electron chi connectivity index (χ4n) is 3.19. The molecule has 1 fully saturated rings. The zero-order chi connectivity index (χ0) is 16.4. The van der Waals surface area contributed by atoms with Crippen molar-refractivity contribution in [2.24, 2.45) is 0 Å². The van der Waals surface area contributed by atoms with Gasteiger partial charge in [-0.1, -0.05) is 12.8 Å². The van der Waals surface area contributed by atoms with Crippen molar-refractivity contribution in [1.29, 1.82) is 0 Å². The third kappa shape index (κ3) is 2.97. The number of nitrogens with zero attached hydrogens (tertiary/aromatic N) is 4. The van der Waals surface area contributed by atoms with Crippen molar-refractivity contribution < 1.29 is 9.21 Å². The topological polar surface area (TPSA) is 77.9 Å². The smallest absolute Gasteiger partial charge is 0.247 e. The van der Waals surface area contributed by atoms with Crippen LogP contribution in [0.15, 0.2) is 47.3 Å². The highest BCUT2D eigenvalue weighted by Crippen LogP contribution is 2.31. The van der Waals surface area contributed by atoms with Gasteiger partial charge in [0.25, 0.3) is 0 Å². The van der Waals surface area contributed by atoms with Gasteiger partial charge in [-0.3, -0.25) is 9.48 Å². The summed E-state index contributed by atoms with van der Waals surface area (Å²) in [5, 5.41) is 11.7. The molecule has 0 aliphatic heterocycles. The first-order valence-electron chi connectivity index (χ1n) is 8.20. The molecule has 7 heteroatoms. The lowest BCUT2D eigenvalue weighted by Gasteiger charge is -2.14. The van der Waals surface area contributed by atoms with Crippen molar-refractivity contribution >= 4 is 11.7 Å². The maximum atomic E-state index is 12.3. The maximum Gasteiger partial charge on any atom is 0.247 e. The van der Waals surface area contributed by atoms with Gasteiger partial charge >= 0.3 is 0 Å². The molecule has 0 unspecified atom stereocenters. The van der Waals surface area contributed by atoms with E-state index >= 15 is 0 Å². The van der Waals surface area contributed by atoms with E-state index in [1.807, 2.05) is 28.9 Å². The molecule has 0 aromatic carbocycles. The lowest BCUT2D eigenvalue weighted by Crippen LogP contribution is -2.22. The number of carbonyl (C=O) groups excluding carboxylic acids is 1. The zero-order valence-electron chi connectivity index (χ0n) is 13.3. The molecule has 1 N–H and O–H groups in total. The van der Waals surface area contributed by atoms with Crippen LogP contribution in [0.5, 0.6) is 0 Å². The van der Waals surface area contributed by atoms with Crippen LogP contribution in [0.1, 0.15) is 31.7 Å². The number of nitrogens with one attached hydrogen (secondary N) is 1. The average molecular weight is 325 g/mol. The first-order valence-corrected chi connectivity index (χ1v) is 8.20. The van der Waals surface area contributed by atoms with Gasteiger partial charge in [-0.2, -0.15) is 10.2 Å². The summed E-state index contributed by atoms with van der Waals surface area (Å²) in [6, 6.07) is 7.71. The van der Waals surface area contributed by atoms with E-state index in [0.29, 0.717) is 17.5 Å². The van der Waals surface area contributed by atoms with Crippen LogP contribution in [0, 0.1) is 0 Å². The maximum absolute atomic E-state index is 12.3. The minimum Gasteiger partial charge on any atom is -0.463 e. The second kappa shape index (κ2) is 6.35. The predicted molar refractivity (Wildman–Crippen MR) is 88.3 cm³/mol. The minimum absolute atomic E-state index is 0.121. The number of hydrogen-bond donors (Lipinski definition) is 1. The van der Waals surface area contributed by atoms with Gasteiger partial charge in [0.05, 0.1) is 18.5 Å². The summed E-state index contributed by atoms with van der Waals surface area (Å²) >= 11 is 0. The van der Waals surface area contributed by atoms with Gasteiger partial charge in [0.2, 0.25) is 5.91 Å². The predicted octanol–water partition coefficient (Wildman–Crippen LogP) is 3.09. The summed E-state index contributed by atoms with van der Waals surface area (Å²) in [6.45, 7) is 0.149. The van der Waals surface area contributed by atoms with E-state index in [-0.39, 0.29) is 12.5 Å². The van der Waals surface area contributed by atoms with E-state index in [4.69, 9.17) is 4.42 Å². The third-order valence-electron chi connectivity index (χ3n) is 4.33. The van der Waals surface area contributed by atoms with E-state index in [1.165, 1.54) is 12.8 Å². The Kier molecular flexibility index (Phi) is 3.90. The molecule has 1 amide bonds. The number of furan rings is 1. The highest BCUT2D eigenvalue weighted by Gasteiger charge is 2.20. The fraction of sp³-hybridized carbons (Fsp3) is 0.353. The molecule has 24 heavy (non-hydrogen) atoms. The van der Waals surface area contributed by atoms with Crippen molar-refractivity contribution in [1.82, 2.24) is 19.6 Å². The van der Waals surface area contributed by atoms with E-state index in [2.05, 4.69) is 15.5 Å². The van der Waals surface area contributed by atoms with Crippen LogP contribution in [0.4, 0.5) is 5.82 Å². The Balaban J connectivity index is 1.41. The van der Waals surface area contributed by atoms with Crippen molar-refractivity contribution in [3.8, 4) is 11.5 Å². The molecule has 124 valence electrons. The van der Waals surface area contributed by atoms with Gasteiger partial charge in [0.15, 0.2) is 5.76 Å². The fourth-order valence-corrected chi connectivity index (χ4v) is 3.19. The largest absolute Gasteiger partial charge is 0.463 e. The zero-order valence-corrected chi connectivity index (χ0v) is 13.3. The molecule has 4 rings (SSSR count). The van der Waals surface area contributed by atoms with Gasteiger partial charge in [0.1, 0.15) is 18.1 Å². The Bertz CT molecular complexity index is 812. The Morgan fingerprint density at radius 3 is 2.96 bits per heavy atom. The molecule has 0 atom stereocenters.